The molecular formula is C29H30N3O3+. The minimum Gasteiger partial charge on any atom is -0.484 e. The van der Waals surface area contributed by atoms with Crippen LogP contribution in [0.4, 0.5) is 0 Å². The molecule has 7 rings (SSSR count). The maximum Gasteiger partial charge on any atom is 0.282 e. The molecule has 6 heteroatoms. The number of aromatic nitrogens is 2. The van der Waals surface area contributed by atoms with Crippen LogP contribution in [0.15, 0.2) is 95.5 Å². The lowest BCUT2D eigenvalue weighted by molar-refractivity contribution is -0.959. The molecule has 178 valence electrons. The first-order chi connectivity index (χ1) is 17.1. The Bertz CT molecular complexity index is 1210. The third-order valence-corrected chi connectivity index (χ3v) is 7.72. The number of ether oxygens (including phenoxy) is 1. The summed E-state index contributed by atoms with van der Waals surface area (Å²) < 4.78 is 13.1. The Labute approximate surface area is 205 Å². The summed E-state index contributed by atoms with van der Waals surface area (Å²) in [4.78, 5) is 4.76. The normalized spacial score (nSPS) is 23.8. The van der Waals surface area contributed by atoms with Crippen LogP contribution in [0.3, 0.4) is 0 Å². The number of benzene rings is 3. The Morgan fingerprint density at radius 2 is 1.43 bits per heavy atom. The lowest BCUT2D eigenvalue weighted by Gasteiger charge is -2.51. The zero-order valence-corrected chi connectivity index (χ0v) is 19.7. The van der Waals surface area contributed by atoms with Crippen LogP contribution in [0, 0.1) is 5.92 Å². The molecule has 0 radical (unpaired) electrons. The molecule has 1 N–H and O–H groups in total. The first-order valence-corrected chi connectivity index (χ1v) is 12.4. The van der Waals surface area contributed by atoms with E-state index < -0.39 is 5.60 Å². The van der Waals surface area contributed by atoms with E-state index in [1.165, 1.54) is 0 Å². The highest BCUT2D eigenvalue weighted by atomic mass is 16.5. The molecule has 1 unspecified atom stereocenters. The van der Waals surface area contributed by atoms with E-state index in [0.29, 0.717) is 29.5 Å². The number of nitrogens with zero attached hydrogens (tertiary/aromatic N) is 3. The van der Waals surface area contributed by atoms with Gasteiger partial charge in [0.25, 0.3) is 5.89 Å². The summed E-state index contributed by atoms with van der Waals surface area (Å²) in [5.74, 6) is 2.35. The van der Waals surface area contributed by atoms with E-state index in [9.17, 15) is 5.11 Å². The van der Waals surface area contributed by atoms with Crippen LogP contribution in [-0.4, -0.2) is 45.5 Å². The van der Waals surface area contributed by atoms with Gasteiger partial charge >= 0.3 is 0 Å². The van der Waals surface area contributed by atoms with Crippen molar-refractivity contribution in [3.8, 4) is 5.75 Å². The Kier molecular flexibility index (Phi) is 5.63. The van der Waals surface area contributed by atoms with E-state index in [4.69, 9.17) is 14.2 Å². The molecular weight excluding hydrogens is 438 g/mol. The van der Waals surface area contributed by atoms with Crippen LogP contribution in [0.1, 0.15) is 35.7 Å². The van der Waals surface area contributed by atoms with Crippen molar-refractivity contribution in [1.82, 2.24) is 10.1 Å². The van der Waals surface area contributed by atoms with E-state index in [2.05, 4.69) is 5.16 Å². The molecule has 1 atom stereocenters. The molecule has 3 aliphatic heterocycles. The molecule has 0 spiro atoms. The van der Waals surface area contributed by atoms with E-state index in [1.54, 1.807) is 0 Å². The fourth-order valence-electron chi connectivity index (χ4n) is 5.79. The average Bonchev–Trinajstić information content (AvgIpc) is 3.39. The number of piperidine rings is 3. The zero-order valence-electron chi connectivity index (χ0n) is 19.7. The summed E-state index contributed by atoms with van der Waals surface area (Å²) >= 11 is 0. The highest BCUT2D eigenvalue weighted by Gasteiger charge is 2.48. The summed E-state index contributed by atoms with van der Waals surface area (Å²) in [6.45, 7) is 3.74. The Morgan fingerprint density at radius 1 is 0.857 bits per heavy atom. The van der Waals surface area contributed by atoms with E-state index in [-0.39, 0.29) is 11.9 Å². The minimum atomic E-state index is -1.49. The van der Waals surface area contributed by atoms with Gasteiger partial charge in [-0.2, -0.15) is 4.98 Å². The number of aliphatic hydroxyl groups is 1. The summed E-state index contributed by atoms with van der Waals surface area (Å²) in [5.41, 5.74) is -0.0700. The second-order valence-electron chi connectivity index (χ2n) is 9.89. The molecule has 0 aliphatic carbocycles. The molecule has 0 saturated carbocycles. The van der Waals surface area contributed by atoms with Crippen LogP contribution in [0.5, 0.6) is 5.75 Å². The van der Waals surface area contributed by atoms with Crippen molar-refractivity contribution in [2.24, 2.45) is 5.92 Å². The summed E-state index contributed by atoms with van der Waals surface area (Å²) in [5, 5.41) is 16.3. The van der Waals surface area contributed by atoms with Crippen LogP contribution in [0.2, 0.25) is 0 Å². The number of quaternary nitrogens is 1. The van der Waals surface area contributed by atoms with Gasteiger partial charge in [0.05, 0.1) is 13.1 Å². The molecule has 1 aromatic heterocycles. The molecule has 35 heavy (non-hydrogen) atoms. The van der Waals surface area contributed by atoms with Crippen LogP contribution < -0.4 is 4.74 Å². The molecule has 3 aromatic carbocycles. The predicted molar refractivity (Wildman–Crippen MR) is 131 cm³/mol. The van der Waals surface area contributed by atoms with Gasteiger partial charge in [0.15, 0.2) is 18.2 Å². The first kappa shape index (κ1) is 22.0. The molecule has 4 aromatic rings. The summed E-state index contributed by atoms with van der Waals surface area (Å²) in [7, 11) is 0. The highest BCUT2D eigenvalue weighted by molar-refractivity contribution is 5.42. The van der Waals surface area contributed by atoms with Gasteiger partial charge in [0.1, 0.15) is 12.3 Å². The van der Waals surface area contributed by atoms with Crippen molar-refractivity contribution in [1.29, 1.82) is 0 Å². The maximum absolute atomic E-state index is 12.0. The zero-order chi connectivity index (χ0) is 23.7. The van der Waals surface area contributed by atoms with Gasteiger partial charge in [-0.3, -0.25) is 0 Å². The van der Waals surface area contributed by atoms with Gasteiger partial charge < -0.3 is 18.8 Å². The van der Waals surface area contributed by atoms with Gasteiger partial charge in [-0.1, -0.05) is 84.0 Å². The molecule has 0 amide bonds. The first-order valence-electron chi connectivity index (χ1n) is 12.4. The lowest BCUT2D eigenvalue weighted by Crippen LogP contribution is -2.64. The van der Waals surface area contributed by atoms with Crippen molar-refractivity contribution in [2.75, 3.05) is 19.6 Å². The maximum atomic E-state index is 12.0. The average molecular weight is 469 g/mol. The standard InChI is InChI=1S/C29H30N3O3/c33-29(23-10-4-1-5-11-23,24-12-6-2-7-13-24)28-30-27(35-31-28)21-32-18-16-22(17-19-32)26(20-32)34-25-14-8-3-9-15-25/h1-15,22,26,33H,16-21H2/q+1. The van der Waals surface area contributed by atoms with Crippen molar-refractivity contribution in [3.05, 3.63) is 114 Å². The Hall–Kier alpha value is -3.48. The third-order valence-electron chi connectivity index (χ3n) is 7.72. The van der Waals surface area contributed by atoms with Crippen LogP contribution in [0.25, 0.3) is 0 Å². The largest absolute Gasteiger partial charge is 0.484 e. The fraction of sp³-hybridized carbons (Fsp3) is 0.310. The van der Waals surface area contributed by atoms with Gasteiger partial charge in [0.2, 0.25) is 5.82 Å². The number of fused-ring (bicyclic) bond motifs is 3. The number of rotatable bonds is 7. The van der Waals surface area contributed by atoms with E-state index >= 15 is 0 Å². The Morgan fingerprint density at radius 3 is 2.03 bits per heavy atom. The van der Waals surface area contributed by atoms with Gasteiger partial charge in [0, 0.05) is 18.8 Å². The van der Waals surface area contributed by atoms with Crippen LogP contribution >= 0.6 is 0 Å². The van der Waals surface area contributed by atoms with Crippen molar-refractivity contribution in [3.63, 3.8) is 0 Å². The van der Waals surface area contributed by atoms with E-state index in [0.717, 1.165) is 42.7 Å². The monoisotopic (exact) mass is 468 g/mol. The van der Waals surface area contributed by atoms with Gasteiger partial charge in [-0.25, -0.2) is 0 Å². The number of hydrogen-bond donors (Lipinski definition) is 1. The second kappa shape index (κ2) is 8.95. The molecule has 6 nitrogen and oxygen atoms in total. The topological polar surface area (TPSA) is 68.4 Å². The molecule has 4 heterocycles. The molecule has 3 aliphatic rings. The second-order valence-corrected chi connectivity index (χ2v) is 9.89. The minimum absolute atomic E-state index is 0.188. The SMILES string of the molecule is OC(c1ccccc1)(c1ccccc1)c1noc(C[N+]23CCC(CC2)C(Oc2ccccc2)C3)n1. The highest BCUT2D eigenvalue weighted by Crippen LogP contribution is 2.38. The molecule has 3 fully saturated rings. The fourth-order valence-corrected chi connectivity index (χ4v) is 5.79. The van der Waals surface area contributed by atoms with Crippen LogP contribution in [-0.2, 0) is 12.1 Å². The van der Waals surface area contributed by atoms with Crippen molar-refractivity contribution in [2.45, 2.75) is 31.1 Å². The molecule has 3 saturated heterocycles. The lowest BCUT2D eigenvalue weighted by atomic mass is 9.83. The third kappa shape index (κ3) is 4.13. The smallest absolute Gasteiger partial charge is 0.282 e. The molecule has 2 bridgehead atoms. The van der Waals surface area contributed by atoms with Gasteiger partial charge in [-0.05, 0) is 23.3 Å². The quantitative estimate of drug-likeness (QED) is 0.403. The van der Waals surface area contributed by atoms with Crippen molar-refractivity contribution >= 4 is 0 Å². The van der Waals surface area contributed by atoms with Gasteiger partial charge in [-0.15, -0.1) is 0 Å². The summed E-state index contributed by atoms with van der Waals surface area (Å²) in [6.07, 6.45) is 2.46. The van der Waals surface area contributed by atoms with Crippen molar-refractivity contribution < 1.29 is 18.8 Å². The number of hydrogen-bond acceptors (Lipinski definition) is 5. The summed E-state index contributed by atoms with van der Waals surface area (Å²) in [6, 6.07) is 29.2. The number of para-hydroxylation sites is 1. The Balaban J connectivity index is 1.27. The van der Waals surface area contributed by atoms with E-state index in [1.807, 2.05) is 91.0 Å². The predicted octanol–water partition coefficient (Wildman–Crippen LogP) is 4.54.